The SMILES string of the molecule is C/C(=C1/CC[C@@H]2[C@@H]3CC=C4C[C@@H](O)CC[C@]4(C)[C@H]3CC[C@]12C)[C@@H](O)[C@](C)(O)[C@H](C)C(C)(C)O. The molecule has 0 aromatic rings. The van der Waals surface area contributed by atoms with Gasteiger partial charge in [0.25, 0.3) is 0 Å². The highest BCUT2D eigenvalue weighted by molar-refractivity contribution is 5.33. The molecule has 0 aliphatic heterocycles. The molecule has 188 valence electrons. The summed E-state index contributed by atoms with van der Waals surface area (Å²) in [6.07, 6.45) is 9.78. The van der Waals surface area contributed by atoms with E-state index < -0.39 is 23.2 Å². The summed E-state index contributed by atoms with van der Waals surface area (Å²) in [6.45, 7) is 13.8. The number of allylic oxidation sites excluding steroid dienone is 2. The first kappa shape index (κ1) is 25.4. The molecule has 4 aliphatic rings. The van der Waals surface area contributed by atoms with Crippen molar-refractivity contribution >= 4 is 0 Å². The van der Waals surface area contributed by atoms with Gasteiger partial charge in [0.15, 0.2) is 0 Å². The Morgan fingerprint density at radius 3 is 2.27 bits per heavy atom. The van der Waals surface area contributed by atoms with Gasteiger partial charge in [-0.25, -0.2) is 0 Å². The quantitative estimate of drug-likeness (QED) is 0.438. The first-order chi connectivity index (χ1) is 15.1. The molecule has 0 amide bonds. The van der Waals surface area contributed by atoms with Crippen molar-refractivity contribution in [2.45, 2.75) is 123 Å². The molecule has 4 N–H and O–H groups in total. The lowest BCUT2D eigenvalue weighted by Gasteiger charge is -2.57. The molecule has 0 saturated heterocycles. The Morgan fingerprint density at radius 2 is 1.64 bits per heavy atom. The molecule has 0 spiro atoms. The van der Waals surface area contributed by atoms with Crippen molar-refractivity contribution in [2.24, 2.45) is 34.5 Å². The molecule has 4 aliphatic carbocycles. The Bertz CT molecular complexity index is 833. The van der Waals surface area contributed by atoms with Gasteiger partial charge in [-0.3, -0.25) is 0 Å². The van der Waals surface area contributed by atoms with Gasteiger partial charge in [-0.05, 0) is 113 Å². The molecule has 0 radical (unpaired) electrons. The van der Waals surface area contributed by atoms with E-state index >= 15 is 0 Å². The molecule has 9 atom stereocenters. The molecule has 4 heteroatoms. The molecule has 0 aromatic heterocycles. The monoisotopic (exact) mass is 460 g/mol. The van der Waals surface area contributed by atoms with Crippen LogP contribution in [-0.4, -0.2) is 43.8 Å². The smallest absolute Gasteiger partial charge is 0.104 e. The van der Waals surface area contributed by atoms with Crippen molar-refractivity contribution in [1.29, 1.82) is 0 Å². The second kappa shape index (κ2) is 8.18. The lowest BCUT2D eigenvalue weighted by Crippen LogP contribution is -2.53. The van der Waals surface area contributed by atoms with Crippen LogP contribution in [0, 0.1) is 34.5 Å². The van der Waals surface area contributed by atoms with Crippen molar-refractivity contribution in [3.8, 4) is 0 Å². The van der Waals surface area contributed by atoms with Gasteiger partial charge < -0.3 is 20.4 Å². The minimum atomic E-state index is -1.40. The van der Waals surface area contributed by atoms with Crippen molar-refractivity contribution in [1.82, 2.24) is 0 Å². The zero-order chi connectivity index (χ0) is 24.6. The Hall–Kier alpha value is -0.680. The fourth-order valence-corrected chi connectivity index (χ4v) is 8.66. The molecule has 0 heterocycles. The van der Waals surface area contributed by atoms with Gasteiger partial charge in [0.1, 0.15) is 6.10 Å². The molecule has 4 rings (SSSR count). The normalized spacial score (nSPS) is 44.0. The molecule has 4 nitrogen and oxygen atoms in total. The van der Waals surface area contributed by atoms with Gasteiger partial charge in [0.2, 0.25) is 0 Å². The summed E-state index contributed by atoms with van der Waals surface area (Å²) < 4.78 is 0. The number of aliphatic hydroxyl groups excluding tert-OH is 2. The van der Waals surface area contributed by atoms with Crippen LogP contribution in [0.2, 0.25) is 0 Å². The summed E-state index contributed by atoms with van der Waals surface area (Å²) in [4.78, 5) is 0. The van der Waals surface area contributed by atoms with Crippen LogP contribution < -0.4 is 0 Å². The zero-order valence-corrected chi connectivity index (χ0v) is 22.0. The van der Waals surface area contributed by atoms with E-state index in [0.29, 0.717) is 17.8 Å². The first-order valence-corrected chi connectivity index (χ1v) is 13.3. The Labute approximate surface area is 201 Å². The van der Waals surface area contributed by atoms with Crippen LogP contribution in [0.5, 0.6) is 0 Å². The van der Waals surface area contributed by atoms with E-state index in [1.165, 1.54) is 17.6 Å². The van der Waals surface area contributed by atoms with Crippen LogP contribution in [0.25, 0.3) is 0 Å². The van der Waals surface area contributed by atoms with Crippen molar-refractivity contribution in [3.63, 3.8) is 0 Å². The molecule has 3 saturated carbocycles. The average molecular weight is 461 g/mol. The Balaban J connectivity index is 1.63. The van der Waals surface area contributed by atoms with Gasteiger partial charge in [-0.2, -0.15) is 0 Å². The van der Waals surface area contributed by atoms with E-state index in [2.05, 4.69) is 19.9 Å². The maximum absolute atomic E-state index is 11.3. The van der Waals surface area contributed by atoms with Crippen LogP contribution >= 0.6 is 0 Å². The predicted octanol–water partition coefficient (Wildman–Crippen LogP) is 5.15. The van der Waals surface area contributed by atoms with Gasteiger partial charge in [-0.1, -0.05) is 38.0 Å². The molecule has 3 fully saturated rings. The molecule has 0 aromatic carbocycles. The standard InChI is InChI=1S/C29H48O4/c1-17(25(31)29(7,33)18(2)26(3,4)32)22-10-11-23-21-9-8-19-16-20(30)12-14-27(19,5)24(21)13-15-28(22,23)6/h8,18,20-21,23-25,30-33H,9-16H2,1-7H3/b22-17+/t18-,20+,21+,23-,24+,25-,27+,28-,29-/m1/s1. The van der Waals surface area contributed by atoms with Crippen molar-refractivity contribution in [3.05, 3.63) is 22.8 Å². The fraction of sp³-hybridized carbons (Fsp3) is 0.862. The van der Waals surface area contributed by atoms with Crippen LogP contribution in [0.4, 0.5) is 0 Å². The minimum absolute atomic E-state index is 0.0656. The van der Waals surface area contributed by atoms with Crippen LogP contribution in [0.3, 0.4) is 0 Å². The predicted molar refractivity (Wildman–Crippen MR) is 133 cm³/mol. The molecule has 33 heavy (non-hydrogen) atoms. The third-order valence-electron chi connectivity index (χ3n) is 11.2. The second-order valence-corrected chi connectivity index (χ2v) is 13.3. The number of fused-ring (bicyclic) bond motifs is 5. The Kier molecular flexibility index (Phi) is 6.30. The summed E-state index contributed by atoms with van der Waals surface area (Å²) in [5, 5.41) is 43.4. The Morgan fingerprint density at radius 1 is 1.03 bits per heavy atom. The van der Waals surface area contributed by atoms with Crippen LogP contribution in [-0.2, 0) is 0 Å². The van der Waals surface area contributed by atoms with Gasteiger partial charge in [0.05, 0.1) is 17.3 Å². The molecular weight excluding hydrogens is 412 g/mol. The maximum Gasteiger partial charge on any atom is 0.104 e. The summed E-state index contributed by atoms with van der Waals surface area (Å²) in [6, 6.07) is 0. The third kappa shape index (κ3) is 3.88. The van der Waals surface area contributed by atoms with E-state index in [-0.39, 0.29) is 16.9 Å². The minimum Gasteiger partial charge on any atom is -0.393 e. The average Bonchev–Trinajstić information content (AvgIpc) is 3.09. The fourth-order valence-electron chi connectivity index (χ4n) is 8.66. The van der Waals surface area contributed by atoms with Gasteiger partial charge in [-0.15, -0.1) is 0 Å². The van der Waals surface area contributed by atoms with Gasteiger partial charge >= 0.3 is 0 Å². The highest BCUT2D eigenvalue weighted by atomic mass is 16.3. The number of hydrogen-bond donors (Lipinski definition) is 4. The number of hydrogen-bond acceptors (Lipinski definition) is 4. The number of aliphatic hydroxyl groups is 4. The lowest BCUT2D eigenvalue weighted by atomic mass is 9.47. The largest absolute Gasteiger partial charge is 0.393 e. The molecular formula is C29H48O4. The van der Waals surface area contributed by atoms with E-state index in [0.717, 1.165) is 50.5 Å². The highest BCUT2D eigenvalue weighted by Crippen LogP contribution is 2.66. The summed E-state index contributed by atoms with van der Waals surface area (Å²) in [7, 11) is 0. The maximum atomic E-state index is 11.3. The van der Waals surface area contributed by atoms with E-state index in [4.69, 9.17) is 0 Å². The number of rotatable bonds is 4. The zero-order valence-electron chi connectivity index (χ0n) is 22.0. The lowest BCUT2D eigenvalue weighted by molar-refractivity contribution is -0.138. The van der Waals surface area contributed by atoms with Crippen LogP contribution in [0.1, 0.15) is 99.8 Å². The van der Waals surface area contributed by atoms with Gasteiger partial charge in [0, 0.05) is 5.92 Å². The summed E-state index contributed by atoms with van der Waals surface area (Å²) in [5.74, 6) is 1.48. The van der Waals surface area contributed by atoms with Crippen molar-refractivity contribution in [2.75, 3.05) is 0 Å². The van der Waals surface area contributed by atoms with E-state index in [1.807, 2.05) is 13.8 Å². The second-order valence-electron chi connectivity index (χ2n) is 13.3. The summed E-state index contributed by atoms with van der Waals surface area (Å²) in [5.41, 5.74) is 1.58. The van der Waals surface area contributed by atoms with Crippen molar-refractivity contribution < 1.29 is 20.4 Å². The van der Waals surface area contributed by atoms with E-state index in [1.54, 1.807) is 20.8 Å². The van der Waals surface area contributed by atoms with Crippen LogP contribution in [0.15, 0.2) is 22.8 Å². The topological polar surface area (TPSA) is 80.9 Å². The molecule has 0 unspecified atom stereocenters. The highest BCUT2D eigenvalue weighted by Gasteiger charge is 2.58. The van der Waals surface area contributed by atoms with E-state index in [9.17, 15) is 20.4 Å². The summed E-state index contributed by atoms with van der Waals surface area (Å²) >= 11 is 0. The molecule has 0 bridgehead atoms. The first-order valence-electron chi connectivity index (χ1n) is 13.3. The third-order valence-corrected chi connectivity index (χ3v) is 11.2.